The number of anilines is 3. The minimum atomic E-state index is -4.29. The van der Waals surface area contributed by atoms with Crippen molar-refractivity contribution in [3.8, 4) is 0 Å². The number of nitrogen functional groups attached to an aromatic ring is 1. The summed E-state index contributed by atoms with van der Waals surface area (Å²) in [5.74, 6) is -0.477. The van der Waals surface area contributed by atoms with E-state index in [1.54, 1.807) is 0 Å². The lowest BCUT2D eigenvalue weighted by molar-refractivity contribution is -0.169. The summed E-state index contributed by atoms with van der Waals surface area (Å²) in [4.78, 5) is 40.0. The van der Waals surface area contributed by atoms with Crippen LogP contribution in [0.25, 0.3) is 0 Å². The van der Waals surface area contributed by atoms with Crippen LogP contribution in [0.3, 0.4) is 0 Å². The number of H-pyrrole nitrogens is 1. The van der Waals surface area contributed by atoms with E-state index in [9.17, 15) is 19.0 Å². The number of aromatic amines is 1. The van der Waals surface area contributed by atoms with Gasteiger partial charge in [-0.25, -0.2) is 4.57 Å². The zero-order valence-electron chi connectivity index (χ0n) is 11.4. The smallest absolute Gasteiger partial charge is 0.369 e. The minimum Gasteiger partial charge on any atom is -0.369 e. The fourth-order valence-electron chi connectivity index (χ4n) is 2.72. The van der Waals surface area contributed by atoms with Gasteiger partial charge in [-0.2, -0.15) is 4.98 Å². The van der Waals surface area contributed by atoms with Gasteiger partial charge in [0.05, 0.1) is 6.61 Å². The molecule has 4 rings (SSSR count). The molecule has 2 saturated heterocycles. The highest BCUT2D eigenvalue weighted by atomic mass is 31.2. The van der Waals surface area contributed by atoms with E-state index in [2.05, 4.69) is 25.1 Å². The van der Waals surface area contributed by atoms with Gasteiger partial charge in [-0.05, 0) is 0 Å². The van der Waals surface area contributed by atoms with Gasteiger partial charge in [0.25, 0.3) is 5.56 Å². The first kappa shape index (κ1) is 14.6. The third kappa shape index (κ3) is 2.31. The SMILES string of the molecule is Nc1nc2c(c(=O)[nH]1)NC1C(=O)C3OP(=O)(O)OCC3OC1N2. The number of ketones is 1. The van der Waals surface area contributed by atoms with Crippen LogP contribution in [-0.2, 0) is 23.1 Å². The van der Waals surface area contributed by atoms with Crippen LogP contribution in [-0.4, -0.2) is 51.7 Å². The third-order valence-electron chi connectivity index (χ3n) is 3.71. The number of phosphoric ester groups is 1. The average molecular weight is 345 g/mol. The molecular formula is C10H12N5O7P. The van der Waals surface area contributed by atoms with Gasteiger partial charge in [-0.3, -0.25) is 23.6 Å². The Balaban J connectivity index is 1.68. The Morgan fingerprint density at radius 2 is 2.13 bits per heavy atom. The van der Waals surface area contributed by atoms with Crippen LogP contribution in [0.15, 0.2) is 4.79 Å². The van der Waals surface area contributed by atoms with E-state index in [4.69, 9.17) is 15.0 Å². The van der Waals surface area contributed by atoms with Crippen molar-refractivity contribution >= 4 is 31.1 Å². The molecule has 0 aromatic carbocycles. The Labute approximate surface area is 127 Å². The predicted molar refractivity (Wildman–Crippen MR) is 74.6 cm³/mol. The summed E-state index contributed by atoms with van der Waals surface area (Å²) in [6.45, 7) is -0.271. The van der Waals surface area contributed by atoms with E-state index in [0.717, 1.165) is 0 Å². The number of ether oxygens (including phenoxy) is 1. The molecule has 12 nitrogen and oxygen atoms in total. The van der Waals surface area contributed by atoms with Crippen LogP contribution in [0.2, 0.25) is 0 Å². The van der Waals surface area contributed by atoms with Gasteiger partial charge in [-0.1, -0.05) is 0 Å². The Bertz CT molecular complexity index is 796. The summed E-state index contributed by atoms with van der Waals surface area (Å²) in [6.07, 6.45) is -2.97. The molecule has 5 unspecified atom stereocenters. The van der Waals surface area contributed by atoms with Crippen LogP contribution in [0, 0.1) is 0 Å². The van der Waals surface area contributed by atoms with Crippen LogP contribution < -0.4 is 21.9 Å². The van der Waals surface area contributed by atoms with Crippen molar-refractivity contribution < 1.29 is 28.0 Å². The number of nitrogens with one attached hydrogen (secondary N) is 3. The molecule has 5 atom stereocenters. The van der Waals surface area contributed by atoms with Crippen molar-refractivity contribution in [2.75, 3.05) is 23.0 Å². The van der Waals surface area contributed by atoms with E-state index in [1.807, 2.05) is 0 Å². The Morgan fingerprint density at radius 1 is 1.35 bits per heavy atom. The van der Waals surface area contributed by atoms with Gasteiger partial charge in [0.2, 0.25) is 5.95 Å². The summed E-state index contributed by atoms with van der Waals surface area (Å²) in [5.41, 5.74) is 4.94. The monoisotopic (exact) mass is 345 g/mol. The number of carbonyl (C=O) groups excluding carboxylic acids is 1. The molecule has 4 heterocycles. The Morgan fingerprint density at radius 3 is 2.91 bits per heavy atom. The lowest BCUT2D eigenvalue weighted by atomic mass is 9.96. The molecule has 6 N–H and O–H groups in total. The van der Waals surface area contributed by atoms with Crippen LogP contribution in [0.4, 0.5) is 17.5 Å². The third-order valence-corrected chi connectivity index (χ3v) is 4.68. The molecule has 23 heavy (non-hydrogen) atoms. The molecule has 0 saturated carbocycles. The molecule has 3 aliphatic heterocycles. The molecule has 0 aliphatic carbocycles. The van der Waals surface area contributed by atoms with Crippen LogP contribution in [0.5, 0.6) is 0 Å². The van der Waals surface area contributed by atoms with Crippen LogP contribution >= 0.6 is 7.82 Å². The van der Waals surface area contributed by atoms with E-state index in [0.29, 0.717) is 0 Å². The zero-order valence-corrected chi connectivity index (χ0v) is 12.3. The maximum atomic E-state index is 12.5. The van der Waals surface area contributed by atoms with E-state index in [-0.39, 0.29) is 24.1 Å². The molecule has 0 bridgehead atoms. The Hall–Kier alpha value is -1.98. The maximum Gasteiger partial charge on any atom is 0.473 e. The number of aromatic nitrogens is 2. The van der Waals surface area contributed by atoms with Gasteiger partial charge in [0.1, 0.15) is 17.8 Å². The first-order chi connectivity index (χ1) is 10.8. The summed E-state index contributed by atoms with van der Waals surface area (Å²) in [7, 11) is -4.29. The standard InChI is InChI=1S/C10H12N5O7P/c11-10-14-7-4(8(17)15-10)12-3-5(16)6-2(21-9(3)13-7)1-20-23(18,19)22-6/h2-3,6,9,12H,1H2,(H,18,19)(H4,11,13,14,15,17). The van der Waals surface area contributed by atoms with Gasteiger partial charge in [0, 0.05) is 0 Å². The Kier molecular flexibility index (Phi) is 3.02. The second-order valence-corrected chi connectivity index (χ2v) is 6.64. The van der Waals surface area contributed by atoms with Gasteiger partial charge < -0.3 is 26.0 Å². The van der Waals surface area contributed by atoms with Gasteiger partial charge in [-0.15, -0.1) is 0 Å². The number of nitrogens with zero attached hydrogens (tertiary/aromatic N) is 1. The number of Topliss-reactive ketones (excluding diaryl/α,β-unsaturated/α-hetero) is 1. The number of rotatable bonds is 0. The van der Waals surface area contributed by atoms with Crippen molar-refractivity contribution in [2.24, 2.45) is 0 Å². The number of carbonyl (C=O) groups is 1. The number of phosphoric acid groups is 1. The summed E-state index contributed by atoms with van der Waals surface area (Å²) in [5, 5.41) is 5.52. The fourth-order valence-corrected chi connectivity index (χ4v) is 3.64. The molecule has 3 aliphatic rings. The topological polar surface area (TPSA) is 178 Å². The fraction of sp³-hybridized carbons (Fsp3) is 0.500. The maximum absolute atomic E-state index is 12.5. The summed E-state index contributed by atoms with van der Waals surface area (Å²) < 4.78 is 26.5. The summed E-state index contributed by atoms with van der Waals surface area (Å²) >= 11 is 0. The van der Waals surface area contributed by atoms with Crippen molar-refractivity contribution in [1.82, 2.24) is 9.97 Å². The minimum absolute atomic E-state index is 0.0232. The first-order valence-electron chi connectivity index (χ1n) is 6.62. The number of nitrogens with two attached hydrogens (primary N) is 1. The second-order valence-electron chi connectivity index (χ2n) is 5.23. The van der Waals surface area contributed by atoms with E-state index in [1.165, 1.54) is 0 Å². The first-order valence-corrected chi connectivity index (χ1v) is 8.11. The lowest BCUT2D eigenvalue weighted by Crippen LogP contribution is -2.64. The van der Waals surface area contributed by atoms with Crippen molar-refractivity contribution in [3.63, 3.8) is 0 Å². The van der Waals surface area contributed by atoms with Gasteiger partial charge >= 0.3 is 7.82 Å². The molecule has 0 amide bonds. The van der Waals surface area contributed by atoms with Crippen molar-refractivity contribution in [3.05, 3.63) is 10.4 Å². The predicted octanol–water partition coefficient (Wildman–Crippen LogP) is -1.63. The molecule has 0 spiro atoms. The highest BCUT2D eigenvalue weighted by molar-refractivity contribution is 7.47. The van der Waals surface area contributed by atoms with Gasteiger partial charge in [0.15, 0.2) is 23.9 Å². The molecule has 2 fully saturated rings. The number of hydrogen-bond donors (Lipinski definition) is 5. The number of fused-ring (bicyclic) bond motifs is 3. The molecular weight excluding hydrogens is 333 g/mol. The largest absolute Gasteiger partial charge is 0.473 e. The molecule has 1 aromatic rings. The zero-order chi connectivity index (χ0) is 16.4. The summed E-state index contributed by atoms with van der Waals surface area (Å²) in [6, 6.07) is -0.992. The van der Waals surface area contributed by atoms with Crippen molar-refractivity contribution in [1.29, 1.82) is 0 Å². The lowest BCUT2D eigenvalue weighted by Gasteiger charge is -2.44. The highest BCUT2D eigenvalue weighted by Crippen LogP contribution is 2.50. The van der Waals surface area contributed by atoms with E-state index < -0.39 is 43.6 Å². The normalized spacial score (nSPS) is 38.6. The molecule has 1 aromatic heterocycles. The number of hydrogen-bond acceptors (Lipinski definition) is 10. The molecule has 13 heteroatoms. The quantitative estimate of drug-likeness (QED) is 0.341. The highest BCUT2D eigenvalue weighted by Gasteiger charge is 2.53. The van der Waals surface area contributed by atoms with Crippen LogP contribution in [0.1, 0.15) is 0 Å². The van der Waals surface area contributed by atoms with Crippen molar-refractivity contribution in [2.45, 2.75) is 24.5 Å². The second kappa shape index (κ2) is 4.76. The molecule has 124 valence electrons. The molecule has 0 radical (unpaired) electrons. The average Bonchev–Trinajstić information content (AvgIpc) is 2.46. The van der Waals surface area contributed by atoms with E-state index >= 15 is 0 Å².